The largest absolute Gasteiger partial charge is 0.352 e. The molecule has 18 heavy (non-hydrogen) atoms. The molecule has 4 heteroatoms. The first kappa shape index (κ1) is 17.7. The van der Waals surface area contributed by atoms with E-state index in [4.69, 9.17) is 0 Å². The number of carbonyl (C=O) groups is 1. The molecule has 1 fully saturated rings. The molecule has 0 aromatic heterocycles. The van der Waals surface area contributed by atoms with Crippen LogP contribution in [0.2, 0.25) is 0 Å². The summed E-state index contributed by atoms with van der Waals surface area (Å²) in [5.41, 5.74) is 0. The number of piperidine rings is 1. The topological polar surface area (TPSA) is 41.1 Å². The summed E-state index contributed by atoms with van der Waals surface area (Å²) < 4.78 is 0. The van der Waals surface area contributed by atoms with E-state index in [1.165, 1.54) is 0 Å². The predicted molar refractivity (Wildman–Crippen MR) is 79.1 cm³/mol. The van der Waals surface area contributed by atoms with Crippen molar-refractivity contribution in [2.75, 3.05) is 6.54 Å². The van der Waals surface area contributed by atoms with Gasteiger partial charge in [-0.3, -0.25) is 4.79 Å². The fourth-order valence-electron chi connectivity index (χ4n) is 2.60. The lowest BCUT2D eigenvalue weighted by atomic mass is 9.89. The normalized spacial score (nSPS) is 25.4. The van der Waals surface area contributed by atoms with E-state index in [1.54, 1.807) is 0 Å². The molecular formula is C14H29ClN2O. The second kappa shape index (κ2) is 8.76. The van der Waals surface area contributed by atoms with E-state index in [-0.39, 0.29) is 18.3 Å². The number of hydrogen-bond donors (Lipinski definition) is 2. The SMILES string of the molecule is CCC(CC(=O)NC1CCCNC1C)C(C)C.Cl. The molecule has 0 saturated carbocycles. The minimum absolute atomic E-state index is 0. The zero-order chi connectivity index (χ0) is 12.8. The predicted octanol–water partition coefficient (Wildman–Crippen LogP) is 2.74. The summed E-state index contributed by atoms with van der Waals surface area (Å²) in [6, 6.07) is 0.729. The molecule has 0 radical (unpaired) electrons. The zero-order valence-corrected chi connectivity index (χ0v) is 13.0. The van der Waals surface area contributed by atoms with Crippen LogP contribution < -0.4 is 10.6 Å². The number of carbonyl (C=O) groups excluding carboxylic acids is 1. The van der Waals surface area contributed by atoms with Crippen LogP contribution in [-0.2, 0) is 4.79 Å². The molecule has 1 amide bonds. The van der Waals surface area contributed by atoms with Gasteiger partial charge in [0, 0.05) is 18.5 Å². The minimum Gasteiger partial charge on any atom is -0.352 e. The van der Waals surface area contributed by atoms with Crippen LogP contribution in [0.1, 0.15) is 53.4 Å². The molecule has 3 nitrogen and oxygen atoms in total. The van der Waals surface area contributed by atoms with Crippen molar-refractivity contribution in [3.8, 4) is 0 Å². The monoisotopic (exact) mass is 276 g/mol. The first-order chi connectivity index (χ1) is 8.04. The maximum absolute atomic E-state index is 12.0. The van der Waals surface area contributed by atoms with Gasteiger partial charge in [0.25, 0.3) is 0 Å². The van der Waals surface area contributed by atoms with Gasteiger partial charge in [0.1, 0.15) is 0 Å². The van der Waals surface area contributed by atoms with Crippen LogP contribution in [0.15, 0.2) is 0 Å². The van der Waals surface area contributed by atoms with Gasteiger partial charge >= 0.3 is 0 Å². The molecule has 0 aromatic rings. The lowest BCUT2D eigenvalue weighted by Crippen LogP contribution is -2.52. The summed E-state index contributed by atoms with van der Waals surface area (Å²) in [4.78, 5) is 12.0. The highest BCUT2D eigenvalue weighted by Gasteiger charge is 2.23. The molecule has 1 rings (SSSR count). The Morgan fingerprint density at radius 2 is 2.11 bits per heavy atom. The van der Waals surface area contributed by atoms with E-state index in [9.17, 15) is 4.79 Å². The molecule has 0 aliphatic carbocycles. The Balaban J connectivity index is 0.00000289. The average molecular weight is 277 g/mol. The molecule has 2 N–H and O–H groups in total. The standard InChI is InChI=1S/C14H28N2O.ClH/c1-5-12(10(2)3)9-14(17)16-13-7-6-8-15-11(13)4;/h10-13,15H,5-9H2,1-4H3,(H,16,17);1H. The van der Waals surface area contributed by atoms with E-state index >= 15 is 0 Å². The second-order valence-corrected chi connectivity index (χ2v) is 5.68. The van der Waals surface area contributed by atoms with Crippen molar-refractivity contribution in [2.45, 2.75) is 65.5 Å². The fourth-order valence-corrected chi connectivity index (χ4v) is 2.60. The highest BCUT2D eigenvalue weighted by Crippen LogP contribution is 2.19. The third-order valence-corrected chi connectivity index (χ3v) is 4.02. The van der Waals surface area contributed by atoms with Crippen molar-refractivity contribution in [3.63, 3.8) is 0 Å². The van der Waals surface area contributed by atoms with Gasteiger partial charge in [0.2, 0.25) is 5.91 Å². The van der Waals surface area contributed by atoms with Crippen molar-refractivity contribution in [3.05, 3.63) is 0 Å². The van der Waals surface area contributed by atoms with E-state index < -0.39 is 0 Å². The average Bonchev–Trinajstić information content (AvgIpc) is 2.28. The van der Waals surface area contributed by atoms with Crippen LogP contribution in [-0.4, -0.2) is 24.5 Å². The molecule has 1 aliphatic heterocycles. The van der Waals surface area contributed by atoms with Gasteiger partial charge in [-0.1, -0.05) is 27.2 Å². The highest BCUT2D eigenvalue weighted by atomic mass is 35.5. The summed E-state index contributed by atoms with van der Waals surface area (Å²) in [7, 11) is 0. The Morgan fingerprint density at radius 3 is 2.61 bits per heavy atom. The lowest BCUT2D eigenvalue weighted by molar-refractivity contribution is -0.123. The molecule has 1 saturated heterocycles. The highest BCUT2D eigenvalue weighted by molar-refractivity contribution is 5.85. The number of nitrogens with one attached hydrogen (secondary N) is 2. The van der Waals surface area contributed by atoms with Crippen LogP contribution in [0.4, 0.5) is 0 Å². The number of hydrogen-bond acceptors (Lipinski definition) is 2. The zero-order valence-electron chi connectivity index (χ0n) is 12.2. The van der Waals surface area contributed by atoms with Crippen LogP contribution >= 0.6 is 12.4 Å². The summed E-state index contributed by atoms with van der Waals surface area (Å²) in [6.07, 6.45) is 4.04. The van der Waals surface area contributed by atoms with Crippen molar-refractivity contribution in [1.29, 1.82) is 0 Å². The summed E-state index contributed by atoms with van der Waals surface area (Å²) in [5, 5.41) is 6.60. The maximum atomic E-state index is 12.0. The van der Waals surface area contributed by atoms with Gasteiger partial charge in [-0.2, -0.15) is 0 Å². The lowest BCUT2D eigenvalue weighted by Gasteiger charge is -2.31. The minimum atomic E-state index is 0. The molecule has 3 atom stereocenters. The Labute approximate surface area is 118 Å². The van der Waals surface area contributed by atoms with Crippen molar-refractivity contribution >= 4 is 18.3 Å². The van der Waals surface area contributed by atoms with Crippen LogP contribution in [0.5, 0.6) is 0 Å². The molecule has 0 aromatic carbocycles. The van der Waals surface area contributed by atoms with Crippen molar-refractivity contribution in [1.82, 2.24) is 10.6 Å². The molecule has 0 spiro atoms. The van der Waals surface area contributed by atoms with Gasteiger partial charge in [-0.05, 0) is 38.1 Å². The van der Waals surface area contributed by atoms with E-state index in [2.05, 4.69) is 38.3 Å². The second-order valence-electron chi connectivity index (χ2n) is 5.68. The number of rotatable bonds is 5. The Kier molecular flexibility index (Phi) is 8.62. The Bertz CT molecular complexity index is 246. The van der Waals surface area contributed by atoms with Crippen molar-refractivity contribution in [2.24, 2.45) is 11.8 Å². The Hall–Kier alpha value is -0.280. The van der Waals surface area contributed by atoms with Crippen LogP contribution in [0.25, 0.3) is 0 Å². The van der Waals surface area contributed by atoms with Gasteiger partial charge in [-0.15, -0.1) is 12.4 Å². The quantitative estimate of drug-likeness (QED) is 0.811. The third kappa shape index (κ3) is 5.57. The smallest absolute Gasteiger partial charge is 0.220 e. The van der Waals surface area contributed by atoms with E-state index in [0.29, 0.717) is 30.3 Å². The molecule has 3 unspecified atom stereocenters. The maximum Gasteiger partial charge on any atom is 0.220 e. The van der Waals surface area contributed by atoms with Gasteiger partial charge in [-0.25, -0.2) is 0 Å². The molecular weight excluding hydrogens is 248 g/mol. The third-order valence-electron chi connectivity index (χ3n) is 4.02. The summed E-state index contributed by atoms with van der Waals surface area (Å²) in [5.74, 6) is 1.33. The van der Waals surface area contributed by atoms with E-state index in [0.717, 1.165) is 25.8 Å². The molecule has 108 valence electrons. The van der Waals surface area contributed by atoms with Crippen LogP contribution in [0, 0.1) is 11.8 Å². The molecule has 1 aliphatic rings. The molecule has 0 bridgehead atoms. The first-order valence-corrected chi connectivity index (χ1v) is 7.07. The first-order valence-electron chi connectivity index (χ1n) is 7.07. The Morgan fingerprint density at radius 1 is 1.44 bits per heavy atom. The summed E-state index contributed by atoms with van der Waals surface area (Å²) >= 11 is 0. The van der Waals surface area contributed by atoms with Crippen molar-refractivity contribution < 1.29 is 4.79 Å². The number of halogens is 1. The van der Waals surface area contributed by atoms with Crippen LogP contribution in [0.3, 0.4) is 0 Å². The van der Waals surface area contributed by atoms with E-state index in [1.807, 2.05) is 0 Å². The molecule has 1 heterocycles. The fraction of sp³-hybridized carbons (Fsp3) is 0.929. The van der Waals surface area contributed by atoms with Gasteiger partial charge in [0.05, 0.1) is 0 Å². The van der Waals surface area contributed by atoms with Gasteiger partial charge in [0.15, 0.2) is 0 Å². The van der Waals surface area contributed by atoms with Gasteiger partial charge < -0.3 is 10.6 Å². The summed E-state index contributed by atoms with van der Waals surface area (Å²) in [6.45, 7) is 9.81. The number of amides is 1.